The van der Waals surface area contributed by atoms with Crippen molar-refractivity contribution in [2.45, 2.75) is 49.7 Å². The zero-order valence-electron chi connectivity index (χ0n) is 70.4. The number of benzene rings is 19. The van der Waals surface area contributed by atoms with Crippen LogP contribution in [0, 0.1) is 0 Å². The average molecular weight is 1680 g/mol. The quantitative estimate of drug-likeness (QED) is 0.159. The highest BCUT2D eigenvalue weighted by molar-refractivity contribution is 8.00. The number of aromatic nitrogens is 6. The molecule has 2 spiro atoms. The molecule has 0 saturated heterocycles. The van der Waals surface area contributed by atoms with E-state index in [9.17, 15) is 0 Å². The summed E-state index contributed by atoms with van der Waals surface area (Å²) in [6.45, 7) is 4.72. The van der Waals surface area contributed by atoms with Crippen LogP contribution in [-0.2, 0) is 16.2 Å². The molecule has 0 amide bonds. The molecule has 1 aliphatic carbocycles. The SMILES string of the molecule is CC1(C)c2ccccc2-c2ccc(N(c3ccccc3)c3ccc(-n4c5ccccc5c5ccc6c(c54)Sc4ccccc4C64c5ccccc5-n5c6ccccc6c6cccc4c65)cc3)cc21.c1ccc(-n2c(-c3ccc(-n4c5ccccc5c5cc6c(cc54)C4(c5ccccc5S6)c5ccccc5-n5c6ccccc6c6cccc4c65)cc3)nc3ccccc32)cc1. The van der Waals surface area contributed by atoms with Crippen LogP contribution in [0.15, 0.2) is 450 Å². The second-order valence-electron chi connectivity index (χ2n) is 35.5. The lowest BCUT2D eigenvalue weighted by Gasteiger charge is -2.45. The van der Waals surface area contributed by atoms with Gasteiger partial charge in [-0.1, -0.05) is 310 Å². The molecular weight excluding hydrogens is 1600 g/mol. The number of hydrogen-bond acceptors (Lipinski definition) is 4. The van der Waals surface area contributed by atoms with Gasteiger partial charge in [-0.2, -0.15) is 0 Å². The molecule has 2 atom stereocenters. The standard InChI is InChI=1S/C64H43N3S.C56H34N4S/c1-63(2)50-23-9-6-19-44(50)45-36-35-43(39-55(45)63)65(40-17-4-3-5-18-40)41-31-33-42(34-32-41)66-56-27-12-7-21-47(56)49-37-38-54-62(61(49)66)68-59-30-15-11-25-52(59)64(54)51-24-10-14-29-58(51)67-57-28-13-8-20-46(57)48-22-16-26-53(64)60(48)67;1-2-15-36(16-3-1)59-50-27-12-8-23-46(50)57-55(59)35-29-31-37(32-30-35)58-47-24-9-5-18-39(47)41-33-53-45(34-51(41)58)56(43-21-7-13-28-52(43)61-53)42-20-6-11-26-49(42)60-48-25-10-4-17-38(48)40-19-14-22-44(56)54(40)60/h3-39H,1-2H3;1-34H. The molecule has 0 N–H and O–H groups in total. The maximum absolute atomic E-state index is 5.18. The number of para-hydroxylation sites is 12. The molecule has 19 aromatic carbocycles. The van der Waals surface area contributed by atoms with Crippen molar-refractivity contribution >= 4 is 139 Å². The summed E-state index contributed by atoms with van der Waals surface area (Å²) in [6, 6.07) is 160. The minimum absolute atomic E-state index is 0.106. The highest BCUT2D eigenvalue weighted by atomic mass is 32.2. The zero-order chi connectivity index (χ0) is 84.7. The number of fused-ring (bicyclic) bond motifs is 33. The van der Waals surface area contributed by atoms with Crippen LogP contribution in [0.4, 0.5) is 17.1 Å². The molecular formula is C120H77N7S2. The van der Waals surface area contributed by atoms with E-state index < -0.39 is 10.8 Å². The van der Waals surface area contributed by atoms with Crippen molar-refractivity contribution in [3.05, 3.63) is 486 Å². The third-order valence-corrected chi connectivity index (χ3v) is 31.2. The Hall–Kier alpha value is -15.7. The monoisotopic (exact) mass is 1680 g/mol. The van der Waals surface area contributed by atoms with E-state index in [0.717, 1.165) is 56.5 Å². The summed E-state index contributed by atoms with van der Waals surface area (Å²) >= 11 is 3.83. The minimum Gasteiger partial charge on any atom is -0.310 e. The van der Waals surface area contributed by atoms with Crippen LogP contribution in [0.25, 0.3) is 149 Å². The predicted octanol–water partition coefficient (Wildman–Crippen LogP) is 30.9. The van der Waals surface area contributed by atoms with E-state index in [2.05, 4.69) is 472 Å². The first kappa shape index (κ1) is 72.6. The summed E-state index contributed by atoms with van der Waals surface area (Å²) in [5.74, 6) is 0.926. The van der Waals surface area contributed by atoms with Crippen molar-refractivity contribution in [1.82, 2.24) is 27.8 Å². The van der Waals surface area contributed by atoms with Crippen LogP contribution >= 0.6 is 23.5 Å². The Morgan fingerprint density at radius 3 is 1.32 bits per heavy atom. The molecule has 0 radical (unpaired) electrons. The first-order valence-electron chi connectivity index (χ1n) is 44.6. The van der Waals surface area contributed by atoms with Crippen LogP contribution in [0.3, 0.4) is 0 Å². The van der Waals surface area contributed by atoms with Crippen LogP contribution in [-0.4, -0.2) is 27.8 Å². The summed E-state index contributed by atoms with van der Waals surface area (Å²) in [7, 11) is 0. The third-order valence-electron chi connectivity index (χ3n) is 28.8. The molecule has 4 aliphatic heterocycles. The van der Waals surface area contributed by atoms with E-state index in [-0.39, 0.29) is 5.41 Å². The van der Waals surface area contributed by atoms with E-state index in [1.807, 2.05) is 23.5 Å². The molecule has 5 aliphatic rings. The maximum atomic E-state index is 5.18. The van der Waals surface area contributed by atoms with Crippen molar-refractivity contribution < 1.29 is 0 Å². The first-order chi connectivity index (χ1) is 63.8. The second kappa shape index (κ2) is 27.2. The molecule has 129 heavy (non-hydrogen) atoms. The van der Waals surface area contributed by atoms with Gasteiger partial charge in [0.25, 0.3) is 0 Å². The summed E-state index contributed by atoms with van der Waals surface area (Å²) in [6.07, 6.45) is 0. The number of imidazole rings is 1. The van der Waals surface area contributed by atoms with Gasteiger partial charge in [0.05, 0.1) is 77.4 Å². The van der Waals surface area contributed by atoms with Gasteiger partial charge in [-0.3, -0.25) is 4.57 Å². The van der Waals surface area contributed by atoms with Gasteiger partial charge in [-0.05, 0) is 224 Å². The van der Waals surface area contributed by atoms with Gasteiger partial charge in [0.2, 0.25) is 0 Å². The fourth-order valence-corrected chi connectivity index (χ4v) is 26.1. The number of nitrogens with zero attached hydrogens (tertiary/aromatic N) is 7. The van der Waals surface area contributed by atoms with E-state index in [1.165, 1.54) is 185 Å². The average Bonchev–Trinajstić information content (AvgIpc) is 0.846. The molecule has 29 rings (SSSR count). The lowest BCUT2D eigenvalue weighted by molar-refractivity contribution is 0.660. The first-order valence-corrected chi connectivity index (χ1v) is 46.2. The van der Waals surface area contributed by atoms with Gasteiger partial charge in [-0.15, -0.1) is 0 Å². The van der Waals surface area contributed by atoms with Gasteiger partial charge in [-0.25, -0.2) is 4.98 Å². The third kappa shape index (κ3) is 9.87. The van der Waals surface area contributed by atoms with E-state index in [4.69, 9.17) is 4.98 Å². The summed E-state index contributed by atoms with van der Waals surface area (Å²) < 4.78 is 12.3. The van der Waals surface area contributed by atoms with Crippen LogP contribution in [0.2, 0.25) is 0 Å². The fraction of sp³-hybridized carbons (Fsp3) is 0.0417. The van der Waals surface area contributed by atoms with Gasteiger partial charge in [0.15, 0.2) is 0 Å². The van der Waals surface area contributed by atoms with Crippen molar-refractivity contribution in [1.29, 1.82) is 0 Å². The lowest BCUT2D eigenvalue weighted by Crippen LogP contribution is -2.37. The highest BCUT2D eigenvalue weighted by Crippen LogP contribution is 2.65. The number of anilines is 3. The molecule has 9 heteroatoms. The highest BCUT2D eigenvalue weighted by Gasteiger charge is 2.52. The van der Waals surface area contributed by atoms with Crippen molar-refractivity contribution in [3.8, 4) is 51.0 Å². The molecule has 9 heterocycles. The Kier molecular flexibility index (Phi) is 15.3. The predicted molar refractivity (Wildman–Crippen MR) is 535 cm³/mol. The molecule has 0 saturated carbocycles. The molecule has 0 bridgehead atoms. The Morgan fingerprint density at radius 2 is 0.682 bits per heavy atom. The minimum atomic E-state index is -0.570. The summed E-state index contributed by atoms with van der Waals surface area (Å²) in [4.78, 5) is 12.8. The molecule has 5 aromatic heterocycles. The smallest absolute Gasteiger partial charge is 0.145 e. The molecule has 0 fully saturated rings. The Bertz CT molecular complexity index is 8930. The summed E-state index contributed by atoms with van der Waals surface area (Å²) in [5, 5.41) is 10.1. The van der Waals surface area contributed by atoms with Crippen molar-refractivity contribution in [2.24, 2.45) is 0 Å². The maximum Gasteiger partial charge on any atom is 0.145 e. The van der Waals surface area contributed by atoms with Gasteiger partial charge in [0, 0.05) is 108 Å². The van der Waals surface area contributed by atoms with Gasteiger partial charge < -0.3 is 23.2 Å². The molecule has 24 aromatic rings. The Morgan fingerprint density at radius 1 is 0.240 bits per heavy atom. The summed E-state index contributed by atoms with van der Waals surface area (Å²) in [5.41, 5.74) is 36.9. The largest absolute Gasteiger partial charge is 0.310 e. The Labute approximate surface area is 752 Å². The van der Waals surface area contributed by atoms with E-state index >= 15 is 0 Å². The molecule has 2 unspecified atom stereocenters. The van der Waals surface area contributed by atoms with E-state index in [0.29, 0.717) is 0 Å². The van der Waals surface area contributed by atoms with Crippen molar-refractivity contribution in [2.75, 3.05) is 4.90 Å². The van der Waals surface area contributed by atoms with Crippen LogP contribution < -0.4 is 4.90 Å². The van der Waals surface area contributed by atoms with Crippen LogP contribution in [0.5, 0.6) is 0 Å². The lowest BCUT2D eigenvalue weighted by atomic mass is 9.62. The normalized spacial score (nSPS) is 15.6. The molecule has 7 nitrogen and oxygen atoms in total. The number of hydrogen-bond donors (Lipinski definition) is 0. The number of rotatable bonds is 7. The van der Waals surface area contributed by atoms with Gasteiger partial charge >= 0.3 is 0 Å². The van der Waals surface area contributed by atoms with Crippen LogP contribution in [0.1, 0.15) is 69.5 Å². The topological polar surface area (TPSA) is 40.8 Å². The second-order valence-corrected chi connectivity index (χ2v) is 37.6. The van der Waals surface area contributed by atoms with Gasteiger partial charge in [0.1, 0.15) is 5.82 Å². The van der Waals surface area contributed by atoms with E-state index in [1.54, 1.807) is 0 Å². The Balaban J connectivity index is 0.000000131. The van der Waals surface area contributed by atoms with Crippen molar-refractivity contribution in [3.63, 3.8) is 0 Å². The fourth-order valence-electron chi connectivity index (χ4n) is 23.6. The zero-order valence-corrected chi connectivity index (χ0v) is 72.1. The molecule has 604 valence electrons.